The fraction of sp³-hybridized carbons (Fsp3) is 0.118. The molecule has 0 radical (unpaired) electrons. The maximum Gasteiger partial charge on any atom is 0.354 e. The van der Waals surface area contributed by atoms with Crippen LogP contribution in [0.1, 0.15) is 26.4 Å². The summed E-state index contributed by atoms with van der Waals surface area (Å²) in [4.78, 5) is 41.5. The standard InChI is InChI=1S/C17H14N4O5S/c1-9-11(4-3-5-14(9)21(24)25)15(22)20-17-19-13(8-27-17)10-6-12(18-7-10)16(23)26-2/h3-8,18H,1-2H3,(H,19,20,22). The summed E-state index contributed by atoms with van der Waals surface area (Å²) >= 11 is 1.20. The fourth-order valence-electron chi connectivity index (χ4n) is 2.47. The molecule has 0 bridgehead atoms. The first-order valence-electron chi connectivity index (χ1n) is 7.68. The van der Waals surface area contributed by atoms with Crippen LogP contribution in [0.2, 0.25) is 0 Å². The highest BCUT2D eigenvalue weighted by Crippen LogP contribution is 2.27. The molecule has 138 valence electrons. The molecule has 0 atom stereocenters. The third-order valence-electron chi connectivity index (χ3n) is 3.86. The molecule has 0 aliphatic carbocycles. The Hall–Kier alpha value is -3.53. The van der Waals surface area contributed by atoms with Crippen LogP contribution in [0.3, 0.4) is 0 Å². The number of carbonyl (C=O) groups is 2. The van der Waals surface area contributed by atoms with E-state index < -0.39 is 16.8 Å². The first kappa shape index (κ1) is 18.3. The number of H-pyrrole nitrogens is 1. The molecule has 0 saturated carbocycles. The number of esters is 1. The summed E-state index contributed by atoms with van der Waals surface area (Å²) in [5, 5.41) is 15.7. The van der Waals surface area contributed by atoms with Gasteiger partial charge in [-0.15, -0.1) is 11.3 Å². The molecule has 10 heteroatoms. The molecular weight excluding hydrogens is 372 g/mol. The Morgan fingerprint density at radius 1 is 1.37 bits per heavy atom. The zero-order valence-corrected chi connectivity index (χ0v) is 15.1. The number of thiazole rings is 1. The van der Waals surface area contributed by atoms with Crippen LogP contribution < -0.4 is 5.32 Å². The zero-order chi connectivity index (χ0) is 19.6. The molecule has 2 aromatic heterocycles. The zero-order valence-electron chi connectivity index (χ0n) is 14.3. The van der Waals surface area contributed by atoms with Crippen molar-refractivity contribution in [3.8, 4) is 11.3 Å². The second kappa shape index (κ2) is 7.38. The summed E-state index contributed by atoms with van der Waals surface area (Å²) in [6.07, 6.45) is 1.61. The van der Waals surface area contributed by atoms with E-state index in [1.54, 1.807) is 17.6 Å². The largest absolute Gasteiger partial charge is 0.464 e. The van der Waals surface area contributed by atoms with Crippen molar-refractivity contribution in [1.82, 2.24) is 9.97 Å². The normalized spacial score (nSPS) is 10.4. The van der Waals surface area contributed by atoms with Gasteiger partial charge in [-0.2, -0.15) is 0 Å². The van der Waals surface area contributed by atoms with Crippen molar-refractivity contribution in [2.45, 2.75) is 6.92 Å². The third kappa shape index (κ3) is 3.70. The second-order valence-electron chi connectivity index (χ2n) is 5.49. The van der Waals surface area contributed by atoms with Crippen LogP contribution in [-0.4, -0.2) is 33.9 Å². The molecule has 0 saturated heterocycles. The van der Waals surface area contributed by atoms with Gasteiger partial charge in [0.2, 0.25) is 0 Å². The number of nitro benzene ring substituents is 1. The van der Waals surface area contributed by atoms with Crippen LogP contribution in [0.15, 0.2) is 35.8 Å². The van der Waals surface area contributed by atoms with Crippen LogP contribution in [0.4, 0.5) is 10.8 Å². The van der Waals surface area contributed by atoms with Gasteiger partial charge in [0.15, 0.2) is 5.13 Å². The lowest BCUT2D eigenvalue weighted by atomic mass is 10.1. The van der Waals surface area contributed by atoms with Crippen molar-refractivity contribution in [2.24, 2.45) is 0 Å². The summed E-state index contributed by atoms with van der Waals surface area (Å²) in [5.41, 5.74) is 1.89. The molecule has 2 heterocycles. The maximum atomic E-state index is 12.5. The van der Waals surface area contributed by atoms with Crippen LogP contribution in [0.5, 0.6) is 0 Å². The van der Waals surface area contributed by atoms with E-state index in [0.717, 1.165) is 0 Å². The number of rotatable bonds is 5. The molecule has 3 aromatic rings. The van der Waals surface area contributed by atoms with Crippen LogP contribution in [-0.2, 0) is 4.74 Å². The first-order valence-corrected chi connectivity index (χ1v) is 8.56. The van der Waals surface area contributed by atoms with Crippen molar-refractivity contribution in [2.75, 3.05) is 12.4 Å². The summed E-state index contributed by atoms with van der Waals surface area (Å²) < 4.78 is 4.64. The van der Waals surface area contributed by atoms with E-state index >= 15 is 0 Å². The number of nitro groups is 1. The highest BCUT2D eigenvalue weighted by molar-refractivity contribution is 7.14. The first-order chi connectivity index (χ1) is 12.9. The predicted octanol–water partition coefficient (Wildman–Crippen LogP) is 3.39. The van der Waals surface area contributed by atoms with Gasteiger partial charge >= 0.3 is 5.97 Å². The summed E-state index contributed by atoms with van der Waals surface area (Å²) in [6.45, 7) is 1.52. The Morgan fingerprint density at radius 3 is 2.85 bits per heavy atom. The van der Waals surface area contributed by atoms with Gasteiger partial charge in [-0.3, -0.25) is 20.2 Å². The molecule has 0 aliphatic rings. The molecule has 9 nitrogen and oxygen atoms in total. The average Bonchev–Trinajstić information content (AvgIpc) is 3.30. The van der Waals surface area contributed by atoms with Crippen LogP contribution in [0.25, 0.3) is 11.3 Å². The lowest BCUT2D eigenvalue weighted by molar-refractivity contribution is -0.385. The van der Waals surface area contributed by atoms with Crippen molar-refractivity contribution >= 4 is 34.0 Å². The molecule has 2 N–H and O–H groups in total. The van der Waals surface area contributed by atoms with Crippen molar-refractivity contribution in [3.05, 3.63) is 62.8 Å². The smallest absolute Gasteiger partial charge is 0.354 e. The number of ether oxygens (including phenoxy) is 1. The van der Waals surface area contributed by atoms with Crippen molar-refractivity contribution in [1.29, 1.82) is 0 Å². The maximum absolute atomic E-state index is 12.5. The molecule has 1 amide bonds. The Balaban J connectivity index is 1.79. The number of aromatic nitrogens is 2. The van der Waals surface area contributed by atoms with E-state index in [1.165, 1.54) is 43.6 Å². The minimum atomic E-state index is -0.529. The fourth-order valence-corrected chi connectivity index (χ4v) is 3.18. The molecule has 0 spiro atoms. The number of nitrogens with one attached hydrogen (secondary N) is 2. The lowest BCUT2D eigenvalue weighted by Gasteiger charge is -2.05. The minimum absolute atomic E-state index is 0.120. The van der Waals surface area contributed by atoms with Gasteiger partial charge in [0.1, 0.15) is 5.69 Å². The number of anilines is 1. The van der Waals surface area contributed by atoms with Gasteiger partial charge in [0, 0.05) is 34.3 Å². The average molecular weight is 386 g/mol. The third-order valence-corrected chi connectivity index (χ3v) is 4.61. The molecule has 0 unspecified atom stereocenters. The Morgan fingerprint density at radius 2 is 2.15 bits per heavy atom. The van der Waals surface area contributed by atoms with E-state index in [4.69, 9.17) is 0 Å². The Labute approximate surface area is 157 Å². The number of methoxy groups -OCH3 is 1. The number of hydrogen-bond acceptors (Lipinski definition) is 7. The highest BCUT2D eigenvalue weighted by atomic mass is 32.1. The number of aromatic amines is 1. The van der Waals surface area contributed by atoms with Crippen LogP contribution in [0, 0.1) is 17.0 Å². The van der Waals surface area contributed by atoms with Gasteiger partial charge in [-0.25, -0.2) is 9.78 Å². The molecular formula is C17H14N4O5S. The number of hydrogen-bond donors (Lipinski definition) is 2. The Bertz CT molecular complexity index is 1040. The topological polar surface area (TPSA) is 127 Å². The molecule has 0 aliphatic heterocycles. The predicted molar refractivity (Wildman–Crippen MR) is 99.0 cm³/mol. The highest BCUT2D eigenvalue weighted by Gasteiger charge is 2.19. The van der Waals surface area contributed by atoms with Gasteiger partial charge < -0.3 is 9.72 Å². The van der Waals surface area contributed by atoms with Crippen molar-refractivity contribution in [3.63, 3.8) is 0 Å². The molecule has 0 fully saturated rings. The summed E-state index contributed by atoms with van der Waals surface area (Å²) in [6, 6.07) is 5.91. The van der Waals surface area contributed by atoms with E-state index in [0.29, 0.717) is 22.1 Å². The monoisotopic (exact) mass is 386 g/mol. The van der Waals surface area contributed by atoms with Gasteiger partial charge in [0.25, 0.3) is 11.6 Å². The quantitative estimate of drug-likeness (QED) is 0.393. The summed E-state index contributed by atoms with van der Waals surface area (Å²) in [5.74, 6) is -0.979. The van der Waals surface area contributed by atoms with E-state index in [2.05, 4.69) is 20.0 Å². The van der Waals surface area contributed by atoms with Gasteiger partial charge in [-0.1, -0.05) is 6.07 Å². The molecule has 3 rings (SSSR count). The minimum Gasteiger partial charge on any atom is -0.464 e. The van der Waals surface area contributed by atoms with E-state index in [1.807, 2.05) is 0 Å². The lowest BCUT2D eigenvalue weighted by Crippen LogP contribution is -2.14. The SMILES string of the molecule is COC(=O)c1cc(-c2csc(NC(=O)c3cccc([N+](=O)[O-])c3C)n2)c[nH]1. The number of carbonyl (C=O) groups excluding carboxylic acids is 2. The molecule has 1 aromatic carbocycles. The van der Waals surface area contributed by atoms with Crippen molar-refractivity contribution < 1.29 is 19.2 Å². The van der Waals surface area contributed by atoms with E-state index in [-0.39, 0.29) is 16.8 Å². The molecule has 27 heavy (non-hydrogen) atoms. The number of amides is 1. The number of benzene rings is 1. The second-order valence-corrected chi connectivity index (χ2v) is 6.35. The summed E-state index contributed by atoms with van der Waals surface area (Å²) in [7, 11) is 1.29. The van der Waals surface area contributed by atoms with Crippen LogP contribution >= 0.6 is 11.3 Å². The van der Waals surface area contributed by atoms with Gasteiger partial charge in [-0.05, 0) is 19.1 Å². The Kier molecular flexibility index (Phi) is 4.99. The van der Waals surface area contributed by atoms with E-state index in [9.17, 15) is 19.7 Å². The van der Waals surface area contributed by atoms with Gasteiger partial charge in [0.05, 0.1) is 17.7 Å². The number of nitrogens with zero attached hydrogens (tertiary/aromatic N) is 2.